The van der Waals surface area contributed by atoms with Gasteiger partial charge in [0.2, 0.25) is 0 Å². The Morgan fingerprint density at radius 1 is 1.08 bits per heavy atom. The molecule has 2 aromatic carbocycles. The van der Waals surface area contributed by atoms with Gasteiger partial charge in [0.15, 0.2) is 0 Å². The molecule has 0 bridgehead atoms. The predicted octanol–water partition coefficient (Wildman–Crippen LogP) is 4.11. The van der Waals surface area contributed by atoms with Crippen LogP contribution in [0.25, 0.3) is 10.9 Å². The van der Waals surface area contributed by atoms with Gasteiger partial charge in [-0.1, -0.05) is 24.3 Å². The summed E-state index contributed by atoms with van der Waals surface area (Å²) in [7, 11) is 0. The van der Waals surface area contributed by atoms with E-state index in [0.717, 1.165) is 24.9 Å². The van der Waals surface area contributed by atoms with E-state index in [0.29, 0.717) is 16.9 Å². The number of aromatic nitrogens is 1. The lowest BCUT2D eigenvalue weighted by molar-refractivity contribution is -0.383. The lowest BCUT2D eigenvalue weighted by atomic mass is 9.88. The second-order valence-electron chi connectivity index (χ2n) is 6.14. The number of pyridine rings is 1. The van der Waals surface area contributed by atoms with Gasteiger partial charge in [0, 0.05) is 18.3 Å². The molecule has 1 aliphatic rings. The van der Waals surface area contributed by atoms with Crippen molar-refractivity contribution in [2.24, 2.45) is 0 Å². The summed E-state index contributed by atoms with van der Waals surface area (Å²) in [6.45, 7) is 0. The predicted molar refractivity (Wildman–Crippen MR) is 94.3 cm³/mol. The first-order valence-corrected chi connectivity index (χ1v) is 8.08. The van der Waals surface area contributed by atoms with E-state index in [-0.39, 0.29) is 10.6 Å². The third kappa shape index (κ3) is 2.58. The highest BCUT2D eigenvalue weighted by atomic mass is 16.6. The lowest BCUT2D eigenvalue weighted by Crippen LogP contribution is -2.27. The second kappa shape index (κ2) is 5.92. The van der Waals surface area contributed by atoms with E-state index < -0.39 is 0 Å². The van der Waals surface area contributed by atoms with E-state index in [1.807, 2.05) is 0 Å². The van der Waals surface area contributed by atoms with Gasteiger partial charge in [-0.2, -0.15) is 0 Å². The molecule has 24 heavy (non-hydrogen) atoms. The number of non-ortho nitro benzene ring substituents is 1. The van der Waals surface area contributed by atoms with Crippen LogP contribution in [0.1, 0.15) is 17.5 Å². The number of benzene rings is 2. The maximum atomic E-state index is 11.2. The molecule has 0 radical (unpaired) electrons. The average molecular weight is 319 g/mol. The molecule has 1 heterocycles. The van der Waals surface area contributed by atoms with Gasteiger partial charge in [0.1, 0.15) is 5.52 Å². The Labute approximate surface area is 139 Å². The van der Waals surface area contributed by atoms with Gasteiger partial charge in [-0.15, -0.1) is 0 Å². The fourth-order valence-electron chi connectivity index (χ4n) is 3.47. The van der Waals surface area contributed by atoms with E-state index in [1.54, 1.807) is 30.5 Å². The zero-order chi connectivity index (χ0) is 16.5. The summed E-state index contributed by atoms with van der Waals surface area (Å²) in [5.74, 6) is 0. The van der Waals surface area contributed by atoms with Crippen LogP contribution < -0.4 is 5.32 Å². The van der Waals surface area contributed by atoms with Gasteiger partial charge >= 0.3 is 0 Å². The molecule has 0 spiro atoms. The van der Waals surface area contributed by atoms with Crippen LogP contribution in [-0.4, -0.2) is 15.9 Å². The number of aryl methyl sites for hydroxylation is 1. The van der Waals surface area contributed by atoms with E-state index in [1.165, 1.54) is 11.1 Å². The minimum absolute atomic E-state index is 0.0950. The average Bonchev–Trinajstić information content (AvgIpc) is 2.61. The van der Waals surface area contributed by atoms with Crippen molar-refractivity contribution in [2.75, 3.05) is 5.32 Å². The fourth-order valence-corrected chi connectivity index (χ4v) is 3.47. The second-order valence-corrected chi connectivity index (χ2v) is 6.14. The Kier molecular flexibility index (Phi) is 3.61. The first-order chi connectivity index (χ1) is 11.7. The lowest BCUT2D eigenvalue weighted by Gasteiger charge is -2.26. The summed E-state index contributed by atoms with van der Waals surface area (Å²) in [6.07, 6.45) is 4.73. The molecule has 0 saturated carbocycles. The summed E-state index contributed by atoms with van der Waals surface area (Å²) in [6, 6.07) is 15.6. The minimum Gasteiger partial charge on any atom is -0.380 e. The summed E-state index contributed by atoms with van der Waals surface area (Å²) < 4.78 is 0. The topological polar surface area (TPSA) is 68.1 Å². The maximum Gasteiger partial charge on any atom is 0.278 e. The number of hydrogen-bond donors (Lipinski definition) is 1. The van der Waals surface area contributed by atoms with Gasteiger partial charge < -0.3 is 5.32 Å². The van der Waals surface area contributed by atoms with E-state index >= 15 is 0 Å². The van der Waals surface area contributed by atoms with Crippen molar-refractivity contribution in [1.29, 1.82) is 0 Å². The molecule has 0 aliphatic heterocycles. The number of anilines is 1. The summed E-state index contributed by atoms with van der Waals surface area (Å²) in [5, 5.41) is 15.3. The molecule has 0 fully saturated rings. The highest BCUT2D eigenvalue weighted by Gasteiger charge is 2.20. The molecule has 1 N–H and O–H groups in total. The van der Waals surface area contributed by atoms with Crippen molar-refractivity contribution in [1.82, 2.24) is 4.98 Å². The molecular formula is C19H17N3O2. The number of nitrogens with zero attached hydrogens (tertiary/aromatic N) is 2. The van der Waals surface area contributed by atoms with Crippen molar-refractivity contribution in [3.63, 3.8) is 0 Å². The quantitative estimate of drug-likeness (QED) is 0.582. The molecule has 1 aliphatic carbocycles. The number of nitro groups is 1. The van der Waals surface area contributed by atoms with Crippen molar-refractivity contribution >= 4 is 22.3 Å². The first-order valence-electron chi connectivity index (χ1n) is 8.08. The molecule has 120 valence electrons. The molecule has 5 heteroatoms. The minimum atomic E-state index is -0.357. The summed E-state index contributed by atoms with van der Waals surface area (Å²) in [5.41, 5.74) is 4.41. The van der Waals surface area contributed by atoms with Crippen molar-refractivity contribution < 1.29 is 4.92 Å². The molecule has 5 nitrogen and oxygen atoms in total. The van der Waals surface area contributed by atoms with Crippen LogP contribution in [0.4, 0.5) is 11.4 Å². The highest BCUT2D eigenvalue weighted by molar-refractivity contribution is 5.96. The zero-order valence-electron chi connectivity index (χ0n) is 13.1. The number of nitro benzene ring substituents is 1. The Hall–Kier alpha value is -2.95. The van der Waals surface area contributed by atoms with Gasteiger partial charge in [-0.3, -0.25) is 15.1 Å². The molecule has 1 atom stereocenters. The molecule has 0 amide bonds. The van der Waals surface area contributed by atoms with Crippen LogP contribution in [0.15, 0.2) is 54.7 Å². The SMILES string of the molecule is O=[N+]([O-])c1ccc(N[C@H]2CCc3ccccc3C2)c2ncccc12. The molecule has 0 unspecified atom stereocenters. The van der Waals surface area contributed by atoms with E-state index in [4.69, 9.17) is 0 Å². The number of nitrogens with one attached hydrogen (secondary N) is 1. The Morgan fingerprint density at radius 3 is 2.75 bits per heavy atom. The van der Waals surface area contributed by atoms with Crippen LogP contribution in [0.5, 0.6) is 0 Å². The monoisotopic (exact) mass is 319 g/mol. The number of rotatable bonds is 3. The largest absolute Gasteiger partial charge is 0.380 e. The standard InChI is InChI=1S/C19H17N3O2/c23-22(24)18-10-9-17(19-16(18)6-3-11-20-19)21-15-8-7-13-4-1-2-5-14(13)12-15/h1-6,9-11,15,21H,7-8,12H2/t15-/m0/s1. The summed E-state index contributed by atoms with van der Waals surface area (Å²) >= 11 is 0. The Bertz CT molecular complexity index is 923. The molecule has 0 saturated heterocycles. The third-order valence-electron chi connectivity index (χ3n) is 4.65. The molecular weight excluding hydrogens is 302 g/mol. The molecule has 3 aromatic rings. The number of hydrogen-bond acceptors (Lipinski definition) is 4. The summed E-state index contributed by atoms with van der Waals surface area (Å²) in [4.78, 5) is 15.2. The first kappa shape index (κ1) is 14.6. The smallest absolute Gasteiger partial charge is 0.278 e. The van der Waals surface area contributed by atoms with Crippen LogP contribution in [-0.2, 0) is 12.8 Å². The maximum absolute atomic E-state index is 11.2. The van der Waals surface area contributed by atoms with Gasteiger partial charge in [0.05, 0.1) is 16.0 Å². The zero-order valence-corrected chi connectivity index (χ0v) is 13.1. The van der Waals surface area contributed by atoms with Crippen molar-refractivity contribution in [3.05, 3.63) is 76.0 Å². The molecule has 4 rings (SSSR count). The van der Waals surface area contributed by atoms with Crippen LogP contribution >= 0.6 is 0 Å². The fraction of sp³-hybridized carbons (Fsp3) is 0.211. The Morgan fingerprint density at radius 2 is 1.92 bits per heavy atom. The number of fused-ring (bicyclic) bond motifs is 2. The normalized spacial score (nSPS) is 16.6. The third-order valence-corrected chi connectivity index (χ3v) is 4.65. The van der Waals surface area contributed by atoms with Crippen molar-refractivity contribution in [2.45, 2.75) is 25.3 Å². The molecule has 1 aromatic heterocycles. The van der Waals surface area contributed by atoms with Crippen LogP contribution in [0, 0.1) is 10.1 Å². The van der Waals surface area contributed by atoms with Crippen LogP contribution in [0.2, 0.25) is 0 Å². The Balaban J connectivity index is 1.66. The van der Waals surface area contributed by atoms with Crippen molar-refractivity contribution in [3.8, 4) is 0 Å². The van der Waals surface area contributed by atoms with Crippen LogP contribution in [0.3, 0.4) is 0 Å². The van der Waals surface area contributed by atoms with Gasteiger partial charge in [0.25, 0.3) is 5.69 Å². The van der Waals surface area contributed by atoms with Gasteiger partial charge in [-0.05, 0) is 48.6 Å². The van der Waals surface area contributed by atoms with Gasteiger partial charge in [-0.25, -0.2) is 0 Å². The van der Waals surface area contributed by atoms with E-state index in [9.17, 15) is 10.1 Å². The highest BCUT2D eigenvalue weighted by Crippen LogP contribution is 2.31. The van der Waals surface area contributed by atoms with E-state index in [2.05, 4.69) is 34.6 Å².